The van der Waals surface area contributed by atoms with Crippen LogP contribution >= 0.6 is 0 Å². The fourth-order valence-electron chi connectivity index (χ4n) is 9.66. The third-order valence-electron chi connectivity index (χ3n) is 12.1. The van der Waals surface area contributed by atoms with Gasteiger partial charge >= 0.3 is 5.97 Å². The summed E-state index contributed by atoms with van der Waals surface area (Å²) < 4.78 is 4.86. The molecule has 0 aliphatic heterocycles. The lowest BCUT2D eigenvalue weighted by Crippen LogP contribution is -2.58. The van der Waals surface area contributed by atoms with Gasteiger partial charge in [-0.15, -0.1) is 0 Å². The highest BCUT2D eigenvalue weighted by atomic mass is 16.5. The number of ether oxygens (including phenoxy) is 1. The van der Waals surface area contributed by atoms with Gasteiger partial charge in [0, 0.05) is 5.57 Å². The van der Waals surface area contributed by atoms with Gasteiger partial charge in [-0.25, -0.2) is 4.79 Å². The number of fused-ring (bicyclic) bond motifs is 5. The van der Waals surface area contributed by atoms with Crippen molar-refractivity contribution in [1.29, 1.82) is 0 Å². The van der Waals surface area contributed by atoms with Crippen molar-refractivity contribution in [3.63, 3.8) is 0 Å². The van der Waals surface area contributed by atoms with Gasteiger partial charge in [0.1, 0.15) is 0 Å². The Hall–Kier alpha value is -1.09. The molecular weight excluding hydrogens is 420 g/mol. The topological polar surface area (TPSA) is 46.5 Å². The third-order valence-corrected chi connectivity index (χ3v) is 12.1. The molecule has 8 unspecified atom stereocenters. The van der Waals surface area contributed by atoms with Gasteiger partial charge < -0.3 is 9.84 Å². The average Bonchev–Trinajstić information content (AvgIpc) is 3.07. The van der Waals surface area contributed by atoms with E-state index in [9.17, 15) is 9.90 Å². The smallest absolute Gasteiger partial charge is 0.333 e. The van der Waals surface area contributed by atoms with Crippen LogP contribution in [0.1, 0.15) is 106 Å². The molecule has 8 atom stereocenters. The normalized spacial score (nSPS) is 44.4. The Morgan fingerprint density at radius 3 is 2.53 bits per heavy atom. The molecular formula is C31H50O3. The van der Waals surface area contributed by atoms with Gasteiger partial charge in [0.15, 0.2) is 0 Å². The number of allylic oxidation sites excluding steroid dienone is 3. The molecule has 0 saturated heterocycles. The van der Waals surface area contributed by atoms with Gasteiger partial charge in [0.05, 0.1) is 13.2 Å². The van der Waals surface area contributed by atoms with Crippen LogP contribution in [0.4, 0.5) is 0 Å². The van der Waals surface area contributed by atoms with E-state index in [4.69, 9.17) is 4.74 Å². The van der Waals surface area contributed by atoms with Crippen molar-refractivity contribution in [1.82, 2.24) is 0 Å². The summed E-state index contributed by atoms with van der Waals surface area (Å²) in [7, 11) is 1.46. The molecule has 0 bridgehead atoms. The fourth-order valence-corrected chi connectivity index (χ4v) is 9.66. The van der Waals surface area contributed by atoms with E-state index in [1.807, 2.05) is 6.92 Å². The van der Waals surface area contributed by atoms with Crippen LogP contribution in [0.5, 0.6) is 0 Å². The van der Waals surface area contributed by atoms with E-state index in [0.29, 0.717) is 34.0 Å². The molecule has 0 aromatic heterocycles. The second kappa shape index (κ2) is 8.79. The van der Waals surface area contributed by atoms with E-state index in [1.165, 1.54) is 39.2 Å². The molecule has 0 heterocycles. The summed E-state index contributed by atoms with van der Waals surface area (Å²) in [6.45, 7) is 16.7. The minimum absolute atomic E-state index is 0.000736. The van der Waals surface area contributed by atoms with Gasteiger partial charge in [-0.2, -0.15) is 0 Å². The molecule has 3 heteroatoms. The second-order valence-electron chi connectivity index (χ2n) is 13.7. The number of carbonyl (C=O) groups is 1. The number of aliphatic hydroxyl groups is 1. The van der Waals surface area contributed by atoms with E-state index in [1.54, 1.807) is 5.57 Å². The molecule has 0 radical (unpaired) electrons. The quantitative estimate of drug-likeness (QED) is 0.257. The highest BCUT2D eigenvalue weighted by molar-refractivity contribution is 5.87. The maximum Gasteiger partial charge on any atom is 0.333 e. The Morgan fingerprint density at radius 1 is 1.15 bits per heavy atom. The Labute approximate surface area is 208 Å². The number of methoxy groups -OCH3 is 1. The van der Waals surface area contributed by atoms with Crippen molar-refractivity contribution < 1.29 is 14.6 Å². The van der Waals surface area contributed by atoms with Crippen molar-refractivity contribution in [2.24, 2.45) is 45.3 Å². The lowest BCUT2D eigenvalue weighted by atomic mass is 9.41. The van der Waals surface area contributed by atoms with E-state index in [0.717, 1.165) is 37.2 Å². The van der Waals surface area contributed by atoms with E-state index in [2.05, 4.69) is 53.7 Å². The molecule has 3 fully saturated rings. The molecule has 3 saturated carbocycles. The molecule has 3 nitrogen and oxygen atoms in total. The number of hydrogen-bond acceptors (Lipinski definition) is 3. The van der Waals surface area contributed by atoms with Gasteiger partial charge in [-0.3, -0.25) is 0 Å². The zero-order chi connectivity index (χ0) is 25.1. The molecule has 0 aromatic rings. The number of rotatable bonds is 5. The first-order valence-corrected chi connectivity index (χ1v) is 14.0. The predicted octanol–water partition coefficient (Wildman–Crippen LogP) is 7.49. The zero-order valence-electron chi connectivity index (χ0n) is 23.2. The Bertz CT molecular complexity index is 868. The van der Waals surface area contributed by atoms with Crippen LogP contribution < -0.4 is 0 Å². The fraction of sp³-hybridized carbons (Fsp3) is 0.839. The Morgan fingerprint density at radius 2 is 1.85 bits per heavy atom. The first-order valence-electron chi connectivity index (χ1n) is 14.0. The summed E-state index contributed by atoms with van der Waals surface area (Å²) in [4.78, 5) is 11.7. The van der Waals surface area contributed by atoms with Crippen molar-refractivity contribution >= 4 is 5.97 Å². The molecule has 0 spiro atoms. The molecule has 192 valence electrons. The first kappa shape index (κ1) is 26.0. The van der Waals surface area contributed by atoms with Crippen LogP contribution in [0, 0.1) is 45.3 Å². The number of hydrogen-bond donors (Lipinski definition) is 1. The highest BCUT2D eigenvalue weighted by Gasteiger charge is 2.65. The van der Waals surface area contributed by atoms with Crippen LogP contribution in [-0.2, 0) is 9.53 Å². The number of esters is 1. The number of carbonyl (C=O) groups excluding carboxylic acids is 1. The molecule has 0 aromatic carbocycles. The zero-order valence-corrected chi connectivity index (χ0v) is 23.2. The van der Waals surface area contributed by atoms with Crippen LogP contribution in [0.25, 0.3) is 0 Å². The third kappa shape index (κ3) is 3.66. The monoisotopic (exact) mass is 470 g/mol. The lowest BCUT2D eigenvalue weighted by Gasteiger charge is -2.64. The molecule has 0 amide bonds. The lowest BCUT2D eigenvalue weighted by molar-refractivity contribution is -0.136. The van der Waals surface area contributed by atoms with Gasteiger partial charge in [-0.1, -0.05) is 59.3 Å². The maximum absolute atomic E-state index is 11.7. The van der Waals surface area contributed by atoms with Crippen molar-refractivity contribution in [3.05, 3.63) is 23.3 Å². The van der Waals surface area contributed by atoms with E-state index >= 15 is 0 Å². The molecule has 4 rings (SSSR count). The minimum atomic E-state index is -0.208. The first-order chi connectivity index (χ1) is 15.8. The summed E-state index contributed by atoms with van der Waals surface area (Å²) in [5.41, 5.74) is 3.47. The van der Waals surface area contributed by atoms with E-state index < -0.39 is 0 Å². The minimum Gasteiger partial charge on any atom is -0.466 e. The second-order valence-corrected chi connectivity index (χ2v) is 13.7. The average molecular weight is 471 g/mol. The van der Waals surface area contributed by atoms with Gasteiger partial charge in [0.2, 0.25) is 0 Å². The summed E-state index contributed by atoms with van der Waals surface area (Å²) in [6, 6.07) is 0. The largest absolute Gasteiger partial charge is 0.466 e. The standard InChI is InChI=1S/C31H50O3/c1-20(10-9-11-21(2)27(33)34-8)22-14-18-31(7)24-12-13-25-28(3,4)26(32)16-17-29(25,5)23(24)15-19-30(22,31)6/h11-12,20,22-23,25-26,32H,9-10,13-19H2,1-8H3. The van der Waals surface area contributed by atoms with Gasteiger partial charge in [0.25, 0.3) is 0 Å². The molecule has 4 aliphatic rings. The summed E-state index contributed by atoms with van der Waals surface area (Å²) in [5.74, 6) is 2.44. The van der Waals surface area contributed by atoms with Crippen LogP contribution in [0.3, 0.4) is 0 Å². The SMILES string of the molecule is COC(=O)C(C)=CCCC(C)C1CCC2(C)C3=CCC4C(C)(C)C(O)CCC4(C)C3CCC12C. The van der Waals surface area contributed by atoms with Crippen molar-refractivity contribution in [3.8, 4) is 0 Å². The molecule has 1 N–H and O–H groups in total. The van der Waals surface area contributed by atoms with Crippen molar-refractivity contribution in [2.45, 2.75) is 112 Å². The maximum atomic E-state index is 11.7. The summed E-state index contributed by atoms with van der Waals surface area (Å²) in [5, 5.41) is 10.8. The van der Waals surface area contributed by atoms with Crippen LogP contribution in [0.2, 0.25) is 0 Å². The predicted molar refractivity (Wildman–Crippen MR) is 139 cm³/mol. The summed E-state index contributed by atoms with van der Waals surface area (Å²) in [6.07, 6.45) is 15.2. The van der Waals surface area contributed by atoms with Crippen molar-refractivity contribution in [2.75, 3.05) is 7.11 Å². The number of aliphatic hydroxyl groups excluding tert-OH is 1. The summed E-state index contributed by atoms with van der Waals surface area (Å²) >= 11 is 0. The Kier molecular flexibility index (Phi) is 6.71. The van der Waals surface area contributed by atoms with Crippen LogP contribution in [0.15, 0.2) is 23.3 Å². The highest BCUT2D eigenvalue weighted by Crippen LogP contribution is 2.73. The van der Waals surface area contributed by atoms with E-state index in [-0.39, 0.29) is 17.5 Å². The van der Waals surface area contributed by atoms with Gasteiger partial charge in [-0.05, 0) is 110 Å². The molecule has 4 aliphatic carbocycles. The molecule has 34 heavy (non-hydrogen) atoms. The van der Waals surface area contributed by atoms with Crippen LogP contribution in [-0.4, -0.2) is 24.3 Å². The Balaban J connectivity index is 1.56.